The first kappa shape index (κ1) is 29.9. The SMILES string of the molecule is CC1(C)OCc2cc([C@@H](O)CNCCCCCCOCCCCc3ccccc3-n3c(O)c[nH]c3=O)ccc2O1. The third kappa shape index (κ3) is 8.44. The van der Waals surface area contributed by atoms with Crippen LogP contribution >= 0.6 is 0 Å². The van der Waals surface area contributed by atoms with Crippen molar-refractivity contribution in [3.63, 3.8) is 0 Å². The van der Waals surface area contributed by atoms with Crippen LogP contribution in [0.2, 0.25) is 0 Å². The highest BCUT2D eigenvalue weighted by molar-refractivity contribution is 5.43. The summed E-state index contributed by atoms with van der Waals surface area (Å²) in [6, 6.07) is 13.5. The fraction of sp³-hybridized carbons (Fsp3) is 0.516. The van der Waals surface area contributed by atoms with E-state index in [2.05, 4.69) is 10.3 Å². The lowest BCUT2D eigenvalue weighted by Gasteiger charge is -2.33. The summed E-state index contributed by atoms with van der Waals surface area (Å²) in [5, 5.41) is 23.9. The minimum atomic E-state index is -0.616. The average molecular weight is 554 g/mol. The van der Waals surface area contributed by atoms with Gasteiger partial charge >= 0.3 is 5.69 Å². The largest absolute Gasteiger partial charge is 0.493 e. The second kappa shape index (κ2) is 14.5. The molecule has 1 aromatic heterocycles. The summed E-state index contributed by atoms with van der Waals surface area (Å²) >= 11 is 0. The van der Waals surface area contributed by atoms with E-state index >= 15 is 0 Å². The number of aromatic hydroxyl groups is 1. The van der Waals surface area contributed by atoms with Gasteiger partial charge in [0, 0.05) is 39.2 Å². The maximum atomic E-state index is 12.0. The molecule has 1 aliphatic heterocycles. The van der Waals surface area contributed by atoms with Gasteiger partial charge in [-0.2, -0.15) is 0 Å². The van der Waals surface area contributed by atoms with Crippen LogP contribution in [0.3, 0.4) is 0 Å². The molecule has 0 aliphatic carbocycles. The van der Waals surface area contributed by atoms with E-state index in [0.717, 1.165) is 87.1 Å². The number of benzene rings is 2. The van der Waals surface area contributed by atoms with Gasteiger partial charge in [-0.15, -0.1) is 0 Å². The molecule has 0 amide bonds. The van der Waals surface area contributed by atoms with Gasteiger partial charge in [0.15, 0.2) is 0 Å². The Kier molecular flexibility index (Phi) is 10.8. The summed E-state index contributed by atoms with van der Waals surface area (Å²) in [6.07, 6.45) is 7.78. The van der Waals surface area contributed by atoms with Crippen LogP contribution in [0.15, 0.2) is 53.5 Å². The van der Waals surface area contributed by atoms with Crippen molar-refractivity contribution in [2.45, 2.75) is 77.3 Å². The number of fused-ring (bicyclic) bond motifs is 1. The molecule has 0 fully saturated rings. The quantitative estimate of drug-likeness (QED) is 0.189. The molecule has 2 heterocycles. The number of nitrogens with one attached hydrogen (secondary N) is 2. The van der Waals surface area contributed by atoms with Gasteiger partial charge in [-0.1, -0.05) is 37.1 Å². The molecule has 0 saturated heterocycles. The smallest absolute Gasteiger partial charge is 0.333 e. The van der Waals surface area contributed by atoms with Gasteiger partial charge < -0.3 is 34.7 Å². The molecule has 9 nitrogen and oxygen atoms in total. The van der Waals surface area contributed by atoms with E-state index in [1.807, 2.05) is 56.3 Å². The zero-order valence-electron chi connectivity index (χ0n) is 23.7. The Morgan fingerprint density at radius 2 is 1.85 bits per heavy atom. The van der Waals surface area contributed by atoms with Gasteiger partial charge in [0.1, 0.15) is 5.75 Å². The van der Waals surface area contributed by atoms with Gasteiger partial charge in [-0.25, -0.2) is 9.36 Å². The number of aromatic amines is 1. The number of aliphatic hydroxyl groups excluding tert-OH is 1. The molecule has 0 saturated carbocycles. The van der Waals surface area contributed by atoms with E-state index in [0.29, 0.717) is 18.8 Å². The molecule has 4 rings (SSSR count). The number of aryl methyl sites for hydroxylation is 1. The minimum Gasteiger partial charge on any atom is -0.493 e. The first-order valence-electron chi connectivity index (χ1n) is 14.3. The summed E-state index contributed by atoms with van der Waals surface area (Å²) < 4.78 is 18.6. The second-order valence-corrected chi connectivity index (χ2v) is 10.8. The fourth-order valence-electron chi connectivity index (χ4n) is 4.88. The van der Waals surface area contributed by atoms with Crippen LogP contribution in [0, 0.1) is 0 Å². The number of hydrogen-bond donors (Lipinski definition) is 4. The van der Waals surface area contributed by atoms with E-state index in [1.165, 1.54) is 10.8 Å². The summed E-state index contributed by atoms with van der Waals surface area (Å²) in [5.74, 6) is 0.115. The monoisotopic (exact) mass is 553 g/mol. The Balaban J connectivity index is 1.01. The average Bonchev–Trinajstić information content (AvgIpc) is 3.27. The molecule has 0 radical (unpaired) electrons. The first-order valence-corrected chi connectivity index (χ1v) is 14.3. The predicted molar refractivity (Wildman–Crippen MR) is 154 cm³/mol. The third-order valence-electron chi connectivity index (χ3n) is 7.10. The molecular formula is C31H43N3O6. The number of aromatic nitrogens is 2. The predicted octanol–water partition coefficient (Wildman–Crippen LogP) is 4.74. The number of ether oxygens (including phenoxy) is 3. The number of rotatable bonds is 16. The van der Waals surface area contributed by atoms with Crippen LogP contribution in [0.25, 0.3) is 5.69 Å². The van der Waals surface area contributed by atoms with Crippen molar-refractivity contribution in [3.8, 4) is 17.3 Å². The molecule has 0 unspecified atom stereocenters. The first-order chi connectivity index (χ1) is 19.3. The van der Waals surface area contributed by atoms with Gasteiger partial charge in [0.05, 0.1) is 24.6 Å². The van der Waals surface area contributed by atoms with Gasteiger partial charge in [0.2, 0.25) is 11.7 Å². The highest BCUT2D eigenvalue weighted by Gasteiger charge is 2.27. The normalized spacial score (nSPS) is 15.0. The maximum absolute atomic E-state index is 12.0. The lowest BCUT2D eigenvalue weighted by molar-refractivity contribution is -0.180. The minimum absolute atomic E-state index is 0.0876. The summed E-state index contributed by atoms with van der Waals surface area (Å²) in [4.78, 5) is 14.5. The van der Waals surface area contributed by atoms with E-state index in [1.54, 1.807) is 0 Å². The molecule has 0 bridgehead atoms. The number of nitrogens with zero attached hydrogens (tertiary/aromatic N) is 1. The number of hydrogen-bond acceptors (Lipinski definition) is 7. The van der Waals surface area contributed by atoms with Crippen molar-refractivity contribution in [1.82, 2.24) is 14.9 Å². The zero-order chi connectivity index (χ0) is 28.4. The highest BCUT2D eigenvalue weighted by atomic mass is 16.7. The molecule has 1 atom stereocenters. The molecule has 218 valence electrons. The Hall–Kier alpha value is -3.11. The van der Waals surface area contributed by atoms with Crippen LogP contribution in [0.4, 0.5) is 0 Å². The van der Waals surface area contributed by atoms with E-state index in [4.69, 9.17) is 14.2 Å². The molecule has 0 spiro atoms. The summed E-state index contributed by atoms with van der Waals surface area (Å²) in [5.41, 5.74) is 3.23. The Labute approximate surface area is 236 Å². The van der Waals surface area contributed by atoms with Crippen molar-refractivity contribution >= 4 is 0 Å². The Bertz CT molecular complexity index is 1270. The van der Waals surface area contributed by atoms with Crippen molar-refractivity contribution in [3.05, 3.63) is 75.8 Å². The van der Waals surface area contributed by atoms with Crippen molar-refractivity contribution < 1.29 is 24.4 Å². The number of para-hydroxylation sites is 1. The molecule has 2 aromatic carbocycles. The topological polar surface area (TPSA) is 118 Å². The highest BCUT2D eigenvalue weighted by Crippen LogP contribution is 2.32. The van der Waals surface area contributed by atoms with E-state index in [9.17, 15) is 15.0 Å². The number of imidazole rings is 1. The molecular weight excluding hydrogens is 510 g/mol. The van der Waals surface area contributed by atoms with Gasteiger partial charge in [-0.05, 0) is 68.0 Å². The standard InChI is InChI=1S/C31H43N3O6/c1-31(2)39-22-25-19-24(14-15-28(25)40-31)27(35)20-32-16-8-3-4-9-17-38-18-10-7-12-23-11-5-6-13-26(23)34-29(36)21-33-30(34)37/h5-6,11,13-15,19,21,27,32,35-36H,3-4,7-10,12,16-18,20,22H2,1-2H3,(H,33,37)/t27-/m0/s1. The van der Waals surface area contributed by atoms with E-state index < -0.39 is 11.9 Å². The fourth-order valence-corrected chi connectivity index (χ4v) is 4.88. The van der Waals surface area contributed by atoms with Crippen molar-refractivity contribution in [2.24, 2.45) is 0 Å². The molecule has 40 heavy (non-hydrogen) atoms. The maximum Gasteiger partial charge on any atom is 0.333 e. The van der Waals surface area contributed by atoms with Crippen LogP contribution in [0.5, 0.6) is 11.6 Å². The molecule has 4 N–H and O–H groups in total. The van der Waals surface area contributed by atoms with E-state index in [-0.39, 0.29) is 11.6 Å². The molecule has 3 aromatic rings. The van der Waals surface area contributed by atoms with Crippen molar-refractivity contribution in [1.29, 1.82) is 0 Å². The van der Waals surface area contributed by atoms with Gasteiger partial charge in [0.25, 0.3) is 0 Å². The number of aliphatic hydroxyl groups is 1. The Morgan fingerprint density at radius 3 is 2.65 bits per heavy atom. The lowest BCUT2D eigenvalue weighted by atomic mass is 10.0. The van der Waals surface area contributed by atoms with Crippen LogP contribution < -0.4 is 15.7 Å². The number of unbranched alkanes of at least 4 members (excludes halogenated alkanes) is 4. The van der Waals surface area contributed by atoms with Crippen molar-refractivity contribution in [2.75, 3.05) is 26.3 Å². The van der Waals surface area contributed by atoms with Crippen LogP contribution in [-0.2, 0) is 22.5 Å². The summed E-state index contributed by atoms with van der Waals surface area (Å²) in [7, 11) is 0. The second-order valence-electron chi connectivity index (χ2n) is 10.8. The van der Waals surface area contributed by atoms with Gasteiger partial charge in [-0.3, -0.25) is 0 Å². The molecule has 9 heteroatoms. The summed E-state index contributed by atoms with van der Waals surface area (Å²) in [6.45, 7) is 7.14. The van der Waals surface area contributed by atoms with Crippen LogP contribution in [0.1, 0.15) is 75.2 Å². The molecule has 1 aliphatic rings. The Morgan fingerprint density at radius 1 is 1.07 bits per heavy atom. The van der Waals surface area contributed by atoms with Crippen LogP contribution in [-0.4, -0.2) is 51.9 Å². The third-order valence-corrected chi connectivity index (χ3v) is 7.10. The number of H-pyrrole nitrogens is 1. The lowest BCUT2D eigenvalue weighted by Crippen LogP contribution is -2.35. The zero-order valence-corrected chi connectivity index (χ0v) is 23.7.